The summed E-state index contributed by atoms with van der Waals surface area (Å²) in [5.74, 6) is -2.10. The summed E-state index contributed by atoms with van der Waals surface area (Å²) in [7, 11) is 5.93. The molecule has 0 rings (SSSR count). The molecule has 2 unspecified atom stereocenters. The molecule has 0 aromatic carbocycles. The molecule has 2 atom stereocenters. The third-order valence-corrected chi connectivity index (χ3v) is 11.3. The first-order valence-corrected chi connectivity index (χ1v) is 28.6. The molecule has 0 aliphatic rings. The summed E-state index contributed by atoms with van der Waals surface area (Å²) in [6.07, 6.45) is 79.0. The van der Waals surface area contributed by atoms with Crippen molar-refractivity contribution < 1.29 is 42.9 Å². The molecule has 0 amide bonds. The average Bonchev–Trinajstić information content (AvgIpc) is 3.38. The number of carbonyl (C=O) groups is 3. The minimum atomic E-state index is -1.54. The highest BCUT2D eigenvalue weighted by molar-refractivity contribution is 5.71. The highest BCUT2D eigenvalue weighted by Gasteiger charge is 2.25. The number of esters is 2. The number of quaternary nitrogens is 1. The molecule has 0 aromatic heterocycles. The monoisotopic (exact) mass is 1040 g/mol. The number of unbranched alkanes of at least 4 members (excludes halogenated alkanes) is 9. The molecule has 9 heteroatoms. The van der Waals surface area contributed by atoms with Crippen molar-refractivity contribution in [2.75, 3.05) is 47.5 Å². The summed E-state index contributed by atoms with van der Waals surface area (Å²) in [6, 6.07) is 0. The lowest BCUT2D eigenvalue weighted by Crippen LogP contribution is -2.40. The number of likely N-dealkylation sites (N-methyl/N-ethyl adjacent to an activating group) is 1. The zero-order chi connectivity index (χ0) is 54.8. The molecule has 0 radical (unpaired) electrons. The van der Waals surface area contributed by atoms with Crippen LogP contribution in [0.15, 0.2) is 158 Å². The lowest BCUT2D eigenvalue weighted by Gasteiger charge is -2.25. The number of carboxylic acid groups (broad SMARTS) is 1. The Morgan fingerprint density at radius 1 is 0.400 bits per heavy atom. The Kier molecular flexibility index (Phi) is 51.4. The first-order valence-electron chi connectivity index (χ1n) is 28.6. The summed E-state index contributed by atoms with van der Waals surface area (Å²) in [6.45, 7) is 4.55. The minimum Gasteiger partial charge on any atom is -0.477 e. The van der Waals surface area contributed by atoms with Crippen LogP contribution in [0.4, 0.5) is 0 Å². The molecule has 0 saturated heterocycles. The molecule has 0 aliphatic carbocycles. The van der Waals surface area contributed by atoms with E-state index in [0.29, 0.717) is 17.4 Å². The fraction of sp³-hybridized carbons (Fsp3) is 0.561. The Morgan fingerprint density at radius 2 is 0.720 bits per heavy atom. The number of hydrogen-bond donors (Lipinski definition) is 1. The largest absolute Gasteiger partial charge is 0.477 e. The summed E-state index contributed by atoms with van der Waals surface area (Å²) in [4.78, 5) is 37.4. The lowest BCUT2D eigenvalue weighted by molar-refractivity contribution is -0.870. The van der Waals surface area contributed by atoms with Gasteiger partial charge in [-0.25, -0.2) is 4.79 Å². The molecule has 420 valence electrons. The molecule has 1 N–H and O–H groups in total. The quantitative estimate of drug-likeness (QED) is 0.0211. The third kappa shape index (κ3) is 56.5. The molecule has 0 aromatic rings. The van der Waals surface area contributed by atoms with E-state index in [4.69, 9.17) is 18.9 Å². The Labute approximate surface area is 457 Å². The minimum absolute atomic E-state index is 0.168. The van der Waals surface area contributed by atoms with Gasteiger partial charge in [-0.1, -0.05) is 204 Å². The lowest BCUT2D eigenvalue weighted by atomic mass is 10.1. The van der Waals surface area contributed by atoms with Crippen molar-refractivity contribution >= 4 is 17.9 Å². The van der Waals surface area contributed by atoms with E-state index in [0.717, 1.165) is 128 Å². The van der Waals surface area contributed by atoms with Crippen molar-refractivity contribution in [3.63, 3.8) is 0 Å². The molecule has 0 heterocycles. The predicted octanol–water partition coefficient (Wildman–Crippen LogP) is 17.0. The fourth-order valence-electron chi connectivity index (χ4n) is 6.94. The molecule has 9 nitrogen and oxygen atoms in total. The predicted molar refractivity (Wildman–Crippen MR) is 317 cm³/mol. The smallest absolute Gasteiger partial charge is 0.361 e. The molecule has 75 heavy (non-hydrogen) atoms. The Morgan fingerprint density at radius 3 is 1.09 bits per heavy atom. The van der Waals surface area contributed by atoms with Gasteiger partial charge in [-0.2, -0.15) is 0 Å². The van der Waals surface area contributed by atoms with E-state index in [2.05, 4.69) is 172 Å². The van der Waals surface area contributed by atoms with Gasteiger partial charge < -0.3 is 28.5 Å². The van der Waals surface area contributed by atoms with Crippen LogP contribution < -0.4 is 0 Å². The molecular formula is C66H104NO8+. The zero-order valence-corrected chi connectivity index (χ0v) is 47.6. The summed E-state index contributed by atoms with van der Waals surface area (Å²) in [5, 5.41) is 9.69. The molecule has 0 aliphatic heterocycles. The maximum Gasteiger partial charge on any atom is 0.361 e. The Bertz CT molecular complexity index is 1780. The number of nitrogens with zero attached hydrogens (tertiary/aromatic N) is 1. The second kappa shape index (κ2) is 55.2. The van der Waals surface area contributed by atoms with E-state index in [-0.39, 0.29) is 38.6 Å². The van der Waals surface area contributed by atoms with Crippen molar-refractivity contribution in [3.05, 3.63) is 158 Å². The van der Waals surface area contributed by atoms with Crippen molar-refractivity contribution in [1.82, 2.24) is 0 Å². The summed E-state index contributed by atoms with van der Waals surface area (Å²) < 4.78 is 22.8. The molecular weight excluding hydrogens is 935 g/mol. The van der Waals surface area contributed by atoms with Gasteiger partial charge in [0.15, 0.2) is 6.10 Å². The molecule has 0 spiro atoms. The molecule has 0 bridgehead atoms. The van der Waals surface area contributed by atoms with Crippen molar-refractivity contribution in [2.24, 2.45) is 0 Å². The summed E-state index contributed by atoms with van der Waals surface area (Å²) in [5.41, 5.74) is 0. The Balaban J connectivity index is 4.39. The maximum absolute atomic E-state index is 12.9. The van der Waals surface area contributed by atoms with Crippen LogP contribution in [0.3, 0.4) is 0 Å². The van der Waals surface area contributed by atoms with E-state index >= 15 is 0 Å². The van der Waals surface area contributed by atoms with Crippen LogP contribution in [0, 0.1) is 0 Å². The van der Waals surface area contributed by atoms with Crippen molar-refractivity contribution in [2.45, 2.75) is 193 Å². The average molecular weight is 1040 g/mol. The van der Waals surface area contributed by atoms with Gasteiger partial charge in [-0.3, -0.25) is 9.59 Å². The SMILES string of the molecule is CC/C=C\C/C=C\C/C=C\C/C=C\C/C=C\C/C=C\C/C=C\C/C=C\C/C=C\C/C=C\CCCCC(=O)OC(COC(=O)CCCCCCCCC/C=C\C/C=C\C/C=C\CC)COC(OCC[N+](C)(C)C)C(=O)O. The highest BCUT2D eigenvalue weighted by atomic mass is 16.7. The summed E-state index contributed by atoms with van der Waals surface area (Å²) >= 11 is 0. The Hall–Kier alpha value is -5.09. The van der Waals surface area contributed by atoms with Crippen molar-refractivity contribution in [1.29, 1.82) is 0 Å². The van der Waals surface area contributed by atoms with Crippen LogP contribution in [0.25, 0.3) is 0 Å². The number of allylic oxidation sites excluding steroid dienone is 26. The maximum atomic E-state index is 12.9. The van der Waals surface area contributed by atoms with Crippen LogP contribution in [-0.4, -0.2) is 87.4 Å². The number of ether oxygens (including phenoxy) is 4. The van der Waals surface area contributed by atoms with Gasteiger partial charge in [0.05, 0.1) is 34.4 Å². The second-order valence-corrected chi connectivity index (χ2v) is 19.5. The van der Waals surface area contributed by atoms with Gasteiger partial charge in [0.2, 0.25) is 0 Å². The number of carbonyl (C=O) groups excluding carboxylic acids is 2. The van der Waals surface area contributed by atoms with E-state index in [9.17, 15) is 19.5 Å². The zero-order valence-electron chi connectivity index (χ0n) is 47.6. The van der Waals surface area contributed by atoms with Gasteiger partial charge in [-0.05, 0) is 122 Å². The van der Waals surface area contributed by atoms with E-state index in [1.54, 1.807) is 0 Å². The van der Waals surface area contributed by atoms with Crippen LogP contribution in [-0.2, 0) is 33.3 Å². The standard InChI is InChI=1S/C66H103NO8/c1-6-8-10-12-14-16-18-20-22-24-25-26-27-28-29-30-31-32-33-34-35-36-37-38-39-41-43-45-47-49-51-53-55-57-64(69)75-62(61-74-66(65(70)71)72-59-58-67(3,4)5)60-73-63(68)56-54-52-50-48-46-44-42-40-23-21-19-17-15-13-11-9-7-2/h8-11,14-17,20-23,25-26,28-29,31-32,34-35,37-38,41,43,47,49,62,66H,6-7,12-13,18-19,24,27,30,33,36,39-40,42,44-46,48,50-61H2,1-5H3/p+1/b10-8-,11-9-,16-14-,17-15-,22-20-,23-21-,26-25-,29-28-,32-31-,35-34-,38-37-,43-41-,49-47-. The van der Waals surface area contributed by atoms with Gasteiger partial charge in [0.1, 0.15) is 13.2 Å². The third-order valence-electron chi connectivity index (χ3n) is 11.3. The molecule has 0 saturated carbocycles. The van der Waals surface area contributed by atoms with E-state index in [1.165, 1.54) is 19.3 Å². The number of rotatable bonds is 50. The molecule has 0 fully saturated rings. The van der Waals surface area contributed by atoms with Gasteiger partial charge in [0, 0.05) is 12.8 Å². The topological polar surface area (TPSA) is 108 Å². The van der Waals surface area contributed by atoms with E-state index in [1.807, 2.05) is 21.1 Å². The second-order valence-electron chi connectivity index (χ2n) is 19.5. The normalized spacial score (nSPS) is 14.0. The van der Waals surface area contributed by atoms with Crippen LogP contribution in [0.5, 0.6) is 0 Å². The highest BCUT2D eigenvalue weighted by Crippen LogP contribution is 2.12. The van der Waals surface area contributed by atoms with Crippen LogP contribution in [0.2, 0.25) is 0 Å². The number of hydrogen-bond acceptors (Lipinski definition) is 7. The van der Waals surface area contributed by atoms with Crippen molar-refractivity contribution in [3.8, 4) is 0 Å². The van der Waals surface area contributed by atoms with E-state index < -0.39 is 24.3 Å². The first kappa shape index (κ1) is 69.9. The number of aliphatic carboxylic acids is 1. The fourth-order valence-corrected chi connectivity index (χ4v) is 6.94. The number of carboxylic acids is 1. The van der Waals surface area contributed by atoms with Gasteiger partial charge in [-0.15, -0.1) is 0 Å². The first-order chi connectivity index (χ1) is 36.6. The van der Waals surface area contributed by atoms with Crippen LogP contribution >= 0.6 is 0 Å². The van der Waals surface area contributed by atoms with Gasteiger partial charge >= 0.3 is 17.9 Å². The van der Waals surface area contributed by atoms with Crippen LogP contribution in [0.1, 0.15) is 181 Å². The van der Waals surface area contributed by atoms with Gasteiger partial charge in [0.25, 0.3) is 6.29 Å².